The smallest absolute Gasteiger partial charge is 0.251 e. The van der Waals surface area contributed by atoms with Crippen molar-refractivity contribution in [2.45, 2.75) is 25.7 Å². The van der Waals surface area contributed by atoms with Crippen LogP contribution in [0.3, 0.4) is 0 Å². The van der Waals surface area contributed by atoms with Gasteiger partial charge < -0.3 is 15.6 Å². The second-order valence-corrected chi connectivity index (χ2v) is 6.94. The van der Waals surface area contributed by atoms with Gasteiger partial charge in [0.05, 0.1) is 11.0 Å². The Morgan fingerprint density at radius 3 is 2.52 bits per heavy atom. The Kier molecular flexibility index (Phi) is 4.62. The number of hydrogen-bond acceptors (Lipinski definition) is 3. The van der Waals surface area contributed by atoms with Crippen LogP contribution in [0.2, 0.25) is 0 Å². The predicted molar refractivity (Wildman–Crippen MR) is 106 cm³/mol. The maximum absolute atomic E-state index is 12.3. The molecule has 1 fully saturated rings. The van der Waals surface area contributed by atoms with Crippen molar-refractivity contribution < 1.29 is 9.59 Å². The van der Waals surface area contributed by atoms with Gasteiger partial charge in [0.2, 0.25) is 5.91 Å². The fourth-order valence-corrected chi connectivity index (χ4v) is 3.58. The van der Waals surface area contributed by atoms with Gasteiger partial charge in [-0.3, -0.25) is 9.59 Å². The number of hydrogen-bond donors (Lipinski definition) is 3. The fourth-order valence-electron chi connectivity index (χ4n) is 3.58. The van der Waals surface area contributed by atoms with Gasteiger partial charge in [-0.2, -0.15) is 0 Å². The molecule has 4 rings (SSSR count). The lowest BCUT2D eigenvalue weighted by Crippen LogP contribution is -2.20. The zero-order valence-electron chi connectivity index (χ0n) is 15.2. The van der Waals surface area contributed by atoms with Gasteiger partial charge in [0, 0.05) is 29.8 Å². The third-order valence-corrected chi connectivity index (χ3v) is 5.12. The number of fused-ring (bicyclic) bond motifs is 1. The number of H-pyrrole nitrogens is 1. The van der Waals surface area contributed by atoms with Crippen LogP contribution in [0.25, 0.3) is 22.4 Å². The Balaban J connectivity index is 1.55. The Labute approximate surface area is 157 Å². The van der Waals surface area contributed by atoms with Gasteiger partial charge in [0.25, 0.3) is 5.91 Å². The van der Waals surface area contributed by atoms with Crippen LogP contribution in [0.15, 0.2) is 42.5 Å². The highest BCUT2D eigenvalue weighted by atomic mass is 16.2. The van der Waals surface area contributed by atoms with Crippen LogP contribution in [0, 0.1) is 5.92 Å². The highest BCUT2D eigenvalue weighted by Crippen LogP contribution is 2.27. The molecular weight excluding hydrogens is 340 g/mol. The lowest BCUT2D eigenvalue weighted by Gasteiger charge is -2.10. The molecule has 2 aromatic carbocycles. The molecule has 0 aliphatic heterocycles. The van der Waals surface area contributed by atoms with Crippen molar-refractivity contribution in [3.8, 4) is 11.4 Å². The topological polar surface area (TPSA) is 86.9 Å². The van der Waals surface area contributed by atoms with Crippen molar-refractivity contribution in [2.24, 2.45) is 5.92 Å². The highest BCUT2D eigenvalue weighted by Gasteiger charge is 2.22. The average Bonchev–Trinajstić information content (AvgIpc) is 3.37. The van der Waals surface area contributed by atoms with E-state index in [9.17, 15) is 9.59 Å². The summed E-state index contributed by atoms with van der Waals surface area (Å²) in [6, 6.07) is 13.0. The monoisotopic (exact) mass is 362 g/mol. The average molecular weight is 362 g/mol. The van der Waals surface area contributed by atoms with Gasteiger partial charge in [-0.15, -0.1) is 0 Å². The van der Waals surface area contributed by atoms with E-state index in [1.165, 1.54) is 0 Å². The Morgan fingerprint density at radius 2 is 1.81 bits per heavy atom. The molecule has 1 heterocycles. The van der Waals surface area contributed by atoms with E-state index in [2.05, 4.69) is 20.6 Å². The third kappa shape index (κ3) is 3.56. The minimum Gasteiger partial charge on any atom is -0.355 e. The summed E-state index contributed by atoms with van der Waals surface area (Å²) in [5, 5.41) is 5.63. The summed E-state index contributed by atoms with van der Waals surface area (Å²) < 4.78 is 0. The predicted octanol–water partition coefficient (Wildman–Crippen LogP) is 3.72. The van der Waals surface area contributed by atoms with E-state index in [-0.39, 0.29) is 17.7 Å². The van der Waals surface area contributed by atoms with E-state index in [0.717, 1.165) is 53.8 Å². The molecule has 3 N–H and O–H groups in total. The van der Waals surface area contributed by atoms with Gasteiger partial charge in [-0.25, -0.2) is 4.98 Å². The van der Waals surface area contributed by atoms with Crippen LogP contribution in [0.4, 0.5) is 5.69 Å². The summed E-state index contributed by atoms with van der Waals surface area (Å²) in [5.74, 6) is 0.856. The summed E-state index contributed by atoms with van der Waals surface area (Å²) in [7, 11) is 1.61. The molecule has 1 aromatic heterocycles. The molecule has 1 saturated carbocycles. The van der Waals surface area contributed by atoms with Crippen molar-refractivity contribution in [3.63, 3.8) is 0 Å². The Morgan fingerprint density at radius 1 is 1.07 bits per heavy atom. The molecule has 0 radical (unpaired) electrons. The molecule has 6 heteroatoms. The fraction of sp³-hybridized carbons (Fsp3) is 0.286. The Bertz CT molecular complexity index is 985. The number of nitrogens with one attached hydrogen (secondary N) is 3. The number of imidazole rings is 1. The van der Waals surface area contributed by atoms with Crippen LogP contribution < -0.4 is 10.6 Å². The molecular formula is C21H22N4O2. The standard InChI is InChI=1S/C21H22N4O2/c1-22-20(26)15-8-6-13(7-9-15)19-24-17-11-10-16(12-18(17)25-19)23-21(27)14-4-2-3-5-14/h6-12,14H,2-5H2,1H3,(H,22,26)(H,23,27)(H,24,25). The minimum atomic E-state index is -0.117. The van der Waals surface area contributed by atoms with Crippen molar-refractivity contribution in [2.75, 3.05) is 12.4 Å². The van der Waals surface area contributed by atoms with Crippen LogP contribution >= 0.6 is 0 Å². The number of anilines is 1. The molecule has 0 atom stereocenters. The molecule has 0 unspecified atom stereocenters. The van der Waals surface area contributed by atoms with Gasteiger partial charge in [0.15, 0.2) is 0 Å². The highest BCUT2D eigenvalue weighted by molar-refractivity contribution is 5.95. The van der Waals surface area contributed by atoms with Crippen LogP contribution in [-0.2, 0) is 4.79 Å². The van der Waals surface area contributed by atoms with E-state index in [0.29, 0.717) is 5.56 Å². The SMILES string of the molecule is CNC(=O)c1ccc(-c2nc3ccc(NC(=O)C4CCCC4)cc3[nH]2)cc1. The van der Waals surface area contributed by atoms with Crippen LogP contribution in [0.1, 0.15) is 36.0 Å². The zero-order chi connectivity index (χ0) is 18.8. The lowest BCUT2D eigenvalue weighted by molar-refractivity contribution is -0.119. The van der Waals surface area contributed by atoms with Gasteiger partial charge in [0.1, 0.15) is 5.82 Å². The van der Waals surface area contributed by atoms with Crippen molar-refractivity contribution in [1.82, 2.24) is 15.3 Å². The first-order valence-corrected chi connectivity index (χ1v) is 9.27. The Hall–Kier alpha value is -3.15. The molecule has 0 saturated heterocycles. The summed E-state index contributed by atoms with van der Waals surface area (Å²) in [6.07, 6.45) is 4.24. The van der Waals surface area contributed by atoms with E-state index in [4.69, 9.17) is 0 Å². The normalized spacial score (nSPS) is 14.4. The van der Waals surface area contributed by atoms with Gasteiger partial charge >= 0.3 is 0 Å². The largest absolute Gasteiger partial charge is 0.355 e. The second-order valence-electron chi connectivity index (χ2n) is 6.94. The van der Waals surface area contributed by atoms with Crippen molar-refractivity contribution >= 4 is 28.5 Å². The summed E-state index contributed by atoms with van der Waals surface area (Å²) >= 11 is 0. The summed E-state index contributed by atoms with van der Waals surface area (Å²) in [4.78, 5) is 31.9. The maximum atomic E-state index is 12.3. The van der Waals surface area contributed by atoms with E-state index >= 15 is 0 Å². The number of nitrogens with zero attached hydrogens (tertiary/aromatic N) is 1. The van der Waals surface area contributed by atoms with E-state index in [1.807, 2.05) is 30.3 Å². The molecule has 27 heavy (non-hydrogen) atoms. The van der Waals surface area contributed by atoms with Gasteiger partial charge in [-0.05, 0) is 43.2 Å². The summed E-state index contributed by atoms with van der Waals surface area (Å²) in [5.41, 5.74) is 3.98. The van der Waals surface area contributed by atoms with E-state index in [1.54, 1.807) is 19.2 Å². The molecule has 0 spiro atoms. The van der Waals surface area contributed by atoms with Crippen molar-refractivity contribution in [1.29, 1.82) is 0 Å². The number of aromatic nitrogens is 2. The number of carbonyl (C=O) groups excluding carboxylic acids is 2. The maximum Gasteiger partial charge on any atom is 0.251 e. The molecule has 1 aliphatic rings. The first-order chi connectivity index (χ1) is 13.1. The number of aromatic amines is 1. The minimum absolute atomic E-state index is 0.108. The number of benzene rings is 2. The number of amides is 2. The molecule has 0 bridgehead atoms. The molecule has 138 valence electrons. The second kappa shape index (κ2) is 7.23. The number of rotatable bonds is 4. The van der Waals surface area contributed by atoms with E-state index < -0.39 is 0 Å². The first kappa shape index (κ1) is 17.3. The molecule has 1 aliphatic carbocycles. The zero-order valence-corrected chi connectivity index (χ0v) is 15.2. The lowest BCUT2D eigenvalue weighted by atomic mass is 10.1. The van der Waals surface area contributed by atoms with Gasteiger partial charge in [-0.1, -0.05) is 25.0 Å². The third-order valence-electron chi connectivity index (χ3n) is 5.12. The van der Waals surface area contributed by atoms with Crippen LogP contribution in [-0.4, -0.2) is 28.8 Å². The quantitative estimate of drug-likeness (QED) is 0.661. The first-order valence-electron chi connectivity index (χ1n) is 9.27. The van der Waals surface area contributed by atoms with Crippen molar-refractivity contribution in [3.05, 3.63) is 48.0 Å². The number of carbonyl (C=O) groups is 2. The van der Waals surface area contributed by atoms with Crippen LogP contribution in [0.5, 0.6) is 0 Å². The summed E-state index contributed by atoms with van der Waals surface area (Å²) in [6.45, 7) is 0. The molecule has 6 nitrogen and oxygen atoms in total. The molecule has 2 amide bonds. The molecule has 3 aromatic rings.